The molecule has 0 saturated heterocycles. The summed E-state index contributed by atoms with van der Waals surface area (Å²) in [5.74, 6) is 0.814. The molecule has 0 aliphatic rings. The Hall–Kier alpha value is -1.94. The molecule has 0 fully saturated rings. The second-order valence-corrected chi connectivity index (χ2v) is 4.45. The number of benzene rings is 1. The van der Waals surface area contributed by atoms with Gasteiger partial charge < -0.3 is 4.74 Å². The van der Waals surface area contributed by atoms with Gasteiger partial charge in [0, 0.05) is 6.20 Å². The number of nitrogens with zero attached hydrogens (tertiary/aromatic N) is 2. The first-order chi connectivity index (χ1) is 8.43. The summed E-state index contributed by atoms with van der Waals surface area (Å²) in [4.78, 5) is 8.52. The third kappa shape index (κ3) is 2.12. The number of hydrogen-bond acceptors (Lipinski definition) is 4. The minimum atomic E-state index is 0.470. The standard InChI is InChI=1S/C13H10N2OS/c1-2-7-14-10(4-1)8-16-11-5-3-6-12-13(11)15-9-17-12/h1-7,9H,8H2. The molecule has 3 nitrogen and oxygen atoms in total. The zero-order chi connectivity index (χ0) is 11.5. The molecule has 4 heteroatoms. The Labute approximate surface area is 103 Å². The van der Waals surface area contributed by atoms with Crippen molar-refractivity contribution in [1.29, 1.82) is 0 Å². The molecule has 2 aromatic heterocycles. The summed E-state index contributed by atoms with van der Waals surface area (Å²) in [6.07, 6.45) is 1.77. The molecule has 2 heterocycles. The first kappa shape index (κ1) is 10.2. The fourth-order valence-corrected chi connectivity index (χ4v) is 2.31. The molecule has 1 aromatic carbocycles. The maximum atomic E-state index is 5.75. The van der Waals surface area contributed by atoms with Crippen LogP contribution in [-0.2, 0) is 6.61 Å². The van der Waals surface area contributed by atoms with Gasteiger partial charge in [-0.15, -0.1) is 11.3 Å². The van der Waals surface area contributed by atoms with Crippen LogP contribution in [0.1, 0.15) is 5.69 Å². The van der Waals surface area contributed by atoms with E-state index in [4.69, 9.17) is 4.74 Å². The van der Waals surface area contributed by atoms with E-state index in [1.807, 2.05) is 41.9 Å². The van der Waals surface area contributed by atoms with Gasteiger partial charge in [0.25, 0.3) is 0 Å². The quantitative estimate of drug-likeness (QED) is 0.707. The lowest BCUT2D eigenvalue weighted by Crippen LogP contribution is -1.97. The highest BCUT2D eigenvalue weighted by Crippen LogP contribution is 2.27. The van der Waals surface area contributed by atoms with Crippen molar-refractivity contribution < 1.29 is 4.74 Å². The van der Waals surface area contributed by atoms with Crippen LogP contribution in [0, 0.1) is 0 Å². The summed E-state index contributed by atoms with van der Waals surface area (Å²) in [5.41, 5.74) is 3.67. The molecule has 17 heavy (non-hydrogen) atoms. The Morgan fingerprint density at radius 1 is 1.06 bits per heavy atom. The first-order valence-corrected chi connectivity index (χ1v) is 6.16. The molecule has 0 atom stereocenters. The van der Waals surface area contributed by atoms with E-state index >= 15 is 0 Å². The Kier molecular flexibility index (Phi) is 2.71. The van der Waals surface area contributed by atoms with Crippen LogP contribution in [0.4, 0.5) is 0 Å². The lowest BCUT2D eigenvalue weighted by atomic mass is 10.3. The molecule has 0 aliphatic heterocycles. The van der Waals surface area contributed by atoms with E-state index in [1.54, 1.807) is 17.5 Å². The van der Waals surface area contributed by atoms with E-state index in [0.717, 1.165) is 21.7 Å². The smallest absolute Gasteiger partial charge is 0.146 e. The van der Waals surface area contributed by atoms with Crippen LogP contribution in [-0.4, -0.2) is 9.97 Å². The largest absolute Gasteiger partial charge is 0.485 e. The van der Waals surface area contributed by atoms with Gasteiger partial charge in [0.05, 0.1) is 15.9 Å². The van der Waals surface area contributed by atoms with E-state index in [2.05, 4.69) is 9.97 Å². The SMILES string of the molecule is c1ccc(COc2cccc3scnc23)nc1. The average Bonchev–Trinajstić information content (AvgIpc) is 2.86. The van der Waals surface area contributed by atoms with Crippen LogP contribution in [0.2, 0.25) is 0 Å². The molecular formula is C13H10N2OS. The molecular weight excluding hydrogens is 232 g/mol. The summed E-state index contributed by atoms with van der Waals surface area (Å²) >= 11 is 1.62. The highest BCUT2D eigenvalue weighted by molar-refractivity contribution is 7.16. The predicted molar refractivity (Wildman–Crippen MR) is 68.2 cm³/mol. The second kappa shape index (κ2) is 4.51. The normalized spacial score (nSPS) is 10.6. The number of aromatic nitrogens is 2. The molecule has 0 aliphatic carbocycles. The molecule has 0 N–H and O–H groups in total. The number of ether oxygens (including phenoxy) is 1. The molecule has 0 amide bonds. The Morgan fingerprint density at radius 3 is 2.94 bits per heavy atom. The van der Waals surface area contributed by atoms with Gasteiger partial charge >= 0.3 is 0 Å². The fraction of sp³-hybridized carbons (Fsp3) is 0.0769. The third-order valence-corrected chi connectivity index (χ3v) is 3.22. The van der Waals surface area contributed by atoms with Crippen molar-refractivity contribution in [2.75, 3.05) is 0 Å². The van der Waals surface area contributed by atoms with Crippen molar-refractivity contribution in [3.05, 3.63) is 53.8 Å². The summed E-state index contributed by atoms with van der Waals surface area (Å²) in [6, 6.07) is 11.8. The van der Waals surface area contributed by atoms with Gasteiger partial charge in [0.15, 0.2) is 0 Å². The highest BCUT2D eigenvalue weighted by atomic mass is 32.1. The Morgan fingerprint density at radius 2 is 2.06 bits per heavy atom. The molecule has 0 unspecified atom stereocenters. The van der Waals surface area contributed by atoms with Crippen LogP contribution >= 0.6 is 11.3 Å². The average molecular weight is 242 g/mol. The van der Waals surface area contributed by atoms with Crippen LogP contribution in [0.15, 0.2) is 48.1 Å². The van der Waals surface area contributed by atoms with Crippen molar-refractivity contribution in [1.82, 2.24) is 9.97 Å². The van der Waals surface area contributed by atoms with Gasteiger partial charge in [0.2, 0.25) is 0 Å². The van der Waals surface area contributed by atoms with Gasteiger partial charge in [-0.05, 0) is 24.3 Å². The summed E-state index contributed by atoms with van der Waals surface area (Å²) in [6.45, 7) is 0.470. The number of rotatable bonds is 3. The number of thiazole rings is 1. The van der Waals surface area contributed by atoms with Crippen molar-refractivity contribution >= 4 is 21.6 Å². The fourth-order valence-electron chi connectivity index (χ4n) is 1.61. The zero-order valence-electron chi connectivity index (χ0n) is 9.04. The van der Waals surface area contributed by atoms with Gasteiger partial charge in [-0.2, -0.15) is 0 Å². The maximum Gasteiger partial charge on any atom is 0.146 e. The van der Waals surface area contributed by atoms with Crippen LogP contribution in [0.5, 0.6) is 5.75 Å². The van der Waals surface area contributed by atoms with Crippen LogP contribution < -0.4 is 4.74 Å². The van der Waals surface area contributed by atoms with E-state index in [1.165, 1.54) is 0 Å². The number of para-hydroxylation sites is 1. The molecule has 0 bridgehead atoms. The maximum absolute atomic E-state index is 5.75. The zero-order valence-corrected chi connectivity index (χ0v) is 9.85. The molecule has 0 spiro atoms. The molecule has 3 rings (SSSR count). The van der Waals surface area contributed by atoms with E-state index < -0.39 is 0 Å². The molecule has 0 saturated carbocycles. The predicted octanol–water partition coefficient (Wildman–Crippen LogP) is 3.27. The molecule has 0 radical (unpaired) electrons. The monoisotopic (exact) mass is 242 g/mol. The third-order valence-electron chi connectivity index (χ3n) is 2.43. The Bertz CT molecular complexity index is 621. The summed E-state index contributed by atoms with van der Waals surface area (Å²) in [5, 5.41) is 0. The summed E-state index contributed by atoms with van der Waals surface area (Å²) in [7, 11) is 0. The van der Waals surface area contributed by atoms with Gasteiger partial charge in [-0.3, -0.25) is 4.98 Å². The lowest BCUT2D eigenvalue weighted by molar-refractivity contribution is 0.304. The number of pyridine rings is 1. The lowest BCUT2D eigenvalue weighted by Gasteiger charge is -2.05. The molecule has 3 aromatic rings. The van der Waals surface area contributed by atoms with Crippen molar-refractivity contribution in [2.45, 2.75) is 6.61 Å². The van der Waals surface area contributed by atoms with Crippen molar-refractivity contribution in [3.8, 4) is 5.75 Å². The highest BCUT2D eigenvalue weighted by Gasteiger charge is 2.04. The second-order valence-electron chi connectivity index (χ2n) is 3.57. The summed E-state index contributed by atoms with van der Waals surface area (Å²) < 4.78 is 6.89. The van der Waals surface area contributed by atoms with Crippen molar-refractivity contribution in [3.63, 3.8) is 0 Å². The van der Waals surface area contributed by atoms with Gasteiger partial charge in [-0.25, -0.2) is 4.98 Å². The van der Waals surface area contributed by atoms with Crippen LogP contribution in [0.25, 0.3) is 10.2 Å². The van der Waals surface area contributed by atoms with E-state index in [9.17, 15) is 0 Å². The van der Waals surface area contributed by atoms with Gasteiger partial charge in [-0.1, -0.05) is 12.1 Å². The minimum Gasteiger partial charge on any atom is -0.485 e. The van der Waals surface area contributed by atoms with Crippen LogP contribution in [0.3, 0.4) is 0 Å². The van der Waals surface area contributed by atoms with E-state index in [0.29, 0.717) is 6.61 Å². The topological polar surface area (TPSA) is 35.0 Å². The molecule has 84 valence electrons. The van der Waals surface area contributed by atoms with Gasteiger partial charge in [0.1, 0.15) is 17.9 Å². The minimum absolute atomic E-state index is 0.470. The number of fused-ring (bicyclic) bond motifs is 1. The Balaban J connectivity index is 1.84. The number of hydrogen-bond donors (Lipinski definition) is 0. The van der Waals surface area contributed by atoms with E-state index in [-0.39, 0.29) is 0 Å². The first-order valence-electron chi connectivity index (χ1n) is 5.28. The van der Waals surface area contributed by atoms with Crippen molar-refractivity contribution in [2.24, 2.45) is 0 Å².